The molecule has 29 heavy (non-hydrogen) atoms. The van der Waals surface area contributed by atoms with Crippen LogP contribution in [0.2, 0.25) is 0 Å². The number of rotatable bonds is 6. The maximum absolute atomic E-state index is 13.7. The Hall–Kier alpha value is -3.51. The van der Waals surface area contributed by atoms with E-state index in [1.54, 1.807) is 37.4 Å². The number of sulfonamides is 1. The van der Waals surface area contributed by atoms with E-state index in [1.165, 1.54) is 12.3 Å². The molecule has 3 aromatic rings. The Bertz CT molecular complexity index is 1180. The molecule has 0 aliphatic rings. The normalized spacial score (nSPS) is 11.0. The highest BCUT2D eigenvalue weighted by Crippen LogP contribution is 2.27. The third-order valence-electron chi connectivity index (χ3n) is 4.32. The molecule has 0 atom stereocenters. The number of ether oxygens (including phenoxy) is 1. The van der Waals surface area contributed by atoms with Gasteiger partial charge in [-0.05, 0) is 60.5 Å². The second-order valence-electron chi connectivity index (χ2n) is 6.14. The molecule has 2 aromatic carbocycles. The van der Waals surface area contributed by atoms with Crippen molar-refractivity contribution < 1.29 is 17.5 Å². The summed E-state index contributed by atoms with van der Waals surface area (Å²) in [4.78, 5) is -0.215. The average molecular weight is 412 g/mol. The second-order valence-corrected chi connectivity index (χ2v) is 8.00. The standard InChI is InChI=1S/C20H17FN4O3S/c1-14-10-17(28-2)6-5-15(14)13-25(20-4-3-9-23-24-20)29(26,27)18-7-8-19(21)16(11-18)12-22/h3-11H,13H2,1-2H3. The zero-order valence-electron chi connectivity index (χ0n) is 15.7. The lowest BCUT2D eigenvalue weighted by Gasteiger charge is -2.24. The predicted molar refractivity (Wildman–Crippen MR) is 104 cm³/mol. The molecule has 7 nitrogen and oxygen atoms in total. The van der Waals surface area contributed by atoms with Crippen molar-refractivity contribution in [1.29, 1.82) is 5.26 Å². The first-order valence-corrected chi connectivity index (χ1v) is 9.94. The summed E-state index contributed by atoms with van der Waals surface area (Å²) in [5.74, 6) is -0.0357. The van der Waals surface area contributed by atoms with Crippen molar-refractivity contribution in [3.63, 3.8) is 0 Å². The highest BCUT2D eigenvalue weighted by Gasteiger charge is 2.28. The van der Waals surface area contributed by atoms with Crippen molar-refractivity contribution in [1.82, 2.24) is 10.2 Å². The van der Waals surface area contributed by atoms with Crippen LogP contribution in [0.5, 0.6) is 5.75 Å². The van der Waals surface area contributed by atoms with Crippen LogP contribution in [0.4, 0.5) is 10.2 Å². The van der Waals surface area contributed by atoms with E-state index in [2.05, 4.69) is 10.2 Å². The van der Waals surface area contributed by atoms with Gasteiger partial charge in [-0.25, -0.2) is 17.1 Å². The number of hydrogen-bond donors (Lipinski definition) is 0. The summed E-state index contributed by atoms with van der Waals surface area (Å²) < 4.78 is 46.7. The Kier molecular flexibility index (Phi) is 5.75. The van der Waals surface area contributed by atoms with Gasteiger partial charge in [-0.3, -0.25) is 0 Å². The van der Waals surface area contributed by atoms with Crippen LogP contribution in [0, 0.1) is 24.1 Å². The molecule has 9 heteroatoms. The van der Waals surface area contributed by atoms with Gasteiger partial charge in [0.25, 0.3) is 10.0 Å². The van der Waals surface area contributed by atoms with Crippen LogP contribution in [-0.2, 0) is 16.6 Å². The third-order valence-corrected chi connectivity index (χ3v) is 6.07. The molecule has 0 amide bonds. The van der Waals surface area contributed by atoms with Gasteiger partial charge in [0.2, 0.25) is 0 Å². The number of aryl methyl sites for hydroxylation is 1. The topological polar surface area (TPSA) is 96.2 Å². The number of aromatic nitrogens is 2. The molecule has 0 unspecified atom stereocenters. The highest BCUT2D eigenvalue weighted by molar-refractivity contribution is 7.92. The fourth-order valence-corrected chi connectivity index (χ4v) is 4.13. The van der Waals surface area contributed by atoms with Gasteiger partial charge in [-0.1, -0.05) is 6.07 Å². The average Bonchev–Trinajstić information content (AvgIpc) is 2.73. The molecule has 0 bridgehead atoms. The fourth-order valence-electron chi connectivity index (χ4n) is 2.72. The molecule has 3 rings (SSSR count). The van der Waals surface area contributed by atoms with Gasteiger partial charge in [-0.15, -0.1) is 5.10 Å². The zero-order valence-corrected chi connectivity index (χ0v) is 16.5. The SMILES string of the molecule is COc1ccc(CN(c2cccnn2)S(=O)(=O)c2ccc(F)c(C#N)c2)c(C)c1. The molecule has 0 aliphatic carbocycles. The first-order chi connectivity index (χ1) is 13.9. The molecule has 0 saturated carbocycles. The summed E-state index contributed by atoms with van der Waals surface area (Å²) in [6.45, 7) is 1.81. The molecular formula is C20H17FN4O3S. The fraction of sp³-hybridized carbons (Fsp3) is 0.150. The molecule has 148 valence electrons. The molecule has 0 fully saturated rings. The number of anilines is 1. The molecule has 0 spiro atoms. The molecule has 0 radical (unpaired) electrons. The highest BCUT2D eigenvalue weighted by atomic mass is 32.2. The Labute approximate surface area is 168 Å². The molecule has 1 heterocycles. The van der Waals surface area contributed by atoms with Gasteiger partial charge < -0.3 is 4.74 Å². The minimum Gasteiger partial charge on any atom is -0.497 e. The van der Waals surface area contributed by atoms with E-state index < -0.39 is 15.8 Å². The minimum absolute atomic E-state index is 0.0316. The number of nitrogens with zero attached hydrogens (tertiary/aromatic N) is 4. The van der Waals surface area contributed by atoms with Gasteiger partial charge in [-0.2, -0.15) is 10.4 Å². The van der Waals surface area contributed by atoms with Crippen LogP contribution in [0.15, 0.2) is 59.6 Å². The quantitative estimate of drug-likeness (QED) is 0.617. The summed E-state index contributed by atoms with van der Waals surface area (Å²) in [5.41, 5.74) is 1.19. The summed E-state index contributed by atoms with van der Waals surface area (Å²) in [6.07, 6.45) is 1.43. The lowest BCUT2D eigenvalue weighted by atomic mass is 10.1. The van der Waals surface area contributed by atoms with Gasteiger partial charge >= 0.3 is 0 Å². The number of methoxy groups -OCH3 is 1. The van der Waals surface area contributed by atoms with Crippen LogP contribution in [0.25, 0.3) is 0 Å². The summed E-state index contributed by atoms with van der Waals surface area (Å²) >= 11 is 0. The van der Waals surface area contributed by atoms with Crippen molar-refractivity contribution in [2.24, 2.45) is 0 Å². The third kappa shape index (κ3) is 4.17. The maximum atomic E-state index is 13.7. The summed E-state index contributed by atoms with van der Waals surface area (Å²) in [5, 5.41) is 16.7. The van der Waals surface area contributed by atoms with Crippen molar-refractivity contribution >= 4 is 15.8 Å². The lowest BCUT2D eigenvalue weighted by molar-refractivity contribution is 0.414. The van der Waals surface area contributed by atoms with E-state index in [0.717, 1.165) is 33.6 Å². The Balaban J connectivity index is 2.10. The maximum Gasteiger partial charge on any atom is 0.265 e. The molecule has 0 aliphatic heterocycles. The smallest absolute Gasteiger partial charge is 0.265 e. The minimum atomic E-state index is -4.15. The van der Waals surface area contributed by atoms with Crippen LogP contribution in [-0.4, -0.2) is 25.7 Å². The Morgan fingerprint density at radius 3 is 2.62 bits per heavy atom. The van der Waals surface area contributed by atoms with E-state index in [-0.39, 0.29) is 22.8 Å². The van der Waals surface area contributed by atoms with Crippen LogP contribution >= 0.6 is 0 Å². The van der Waals surface area contributed by atoms with Gasteiger partial charge in [0.05, 0.1) is 24.1 Å². The van der Waals surface area contributed by atoms with Crippen LogP contribution in [0.1, 0.15) is 16.7 Å². The molecule has 1 aromatic heterocycles. The Morgan fingerprint density at radius 1 is 1.21 bits per heavy atom. The van der Waals surface area contributed by atoms with E-state index in [1.807, 2.05) is 6.92 Å². The van der Waals surface area contributed by atoms with Gasteiger partial charge in [0, 0.05) is 6.20 Å². The number of benzene rings is 2. The van der Waals surface area contributed by atoms with Gasteiger partial charge in [0.1, 0.15) is 17.6 Å². The van der Waals surface area contributed by atoms with Crippen molar-refractivity contribution in [2.45, 2.75) is 18.4 Å². The predicted octanol–water partition coefficient (Wildman–Crippen LogP) is 3.20. The van der Waals surface area contributed by atoms with Crippen LogP contribution in [0.3, 0.4) is 0 Å². The first-order valence-electron chi connectivity index (χ1n) is 8.50. The van der Waals surface area contributed by atoms with E-state index >= 15 is 0 Å². The number of nitriles is 1. The van der Waals surface area contributed by atoms with E-state index in [0.29, 0.717) is 5.75 Å². The molecular weight excluding hydrogens is 395 g/mol. The van der Waals surface area contributed by atoms with Crippen molar-refractivity contribution in [3.05, 3.63) is 77.2 Å². The second kappa shape index (κ2) is 8.24. The van der Waals surface area contributed by atoms with E-state index in [9.17, 15) is 12.8 Å². The van der Waals surface area contributed by atoms with Crippen molar-refractivity contribution in [2.75, 3.05) is 11.4 Å². The Morgan fingerprint density at radius 2 is 2.00 bits per heavy atom. The first kappa shape index (κ1) is 20.2. The summed E-state index contributed by atoms with van der Waals surface area (Å²) in [7, 11) is -2.60. The van der Waals surface area contributed by atoms with E-state index in [4.69, 9.17) is 10.00 Å². The zero-order chi connectivity index (χ0) is 21.0. The molecule has 0 N–H and O–H groups in total. The van der Waals surface area contributed by atoms with Crippen molar-refractivity contribution in [3.8, 4) is 11.8 Å². The van der Waals surface area contributed by atoms with Gasteiger partial charge in [0.15, 0.2) is 5.82 Å². The largest absolute Gasteiger partial charge is 0.497 e. The molecule has 0 saturated heterocycles. The monoisotopic (exact) mass is 412 g/mol. The number of hydrogen-bond acceptors (Lipinski definition) is 6. The summed E-state index contributed by atoms with van der Waals surface area (Å²) in [6, 6.07) is 13.1. The lowest BCUT2D eigenvalue weighted by Crippen LogP contribution is -2.32. The van der Waals surface area contributed by atoms with Crippen LogP contribution < -0.4 is 9.04 Å². The number of halogens is 1.